The standard InChI is InChI=1S/C25H29N5O3/c31-16-10-18-9-11-30(17-18)20-7-5-19(6-8-20)24(33)28-12-14-29(15-13-28)25-26-22-4-2-1-3-21(22)23(32)27-25/h1-8,18,31H,9-17H2,(H,26,27,32)/t18-/m1/s1. The number of carbonyl (C=O) groups is 1. The molecule has 0 radical (unpaired) electrons. The highest BCUT2D eigenvalue weighted by molar-refractivity contribution is 5.94. The Balaban J connectivity index is 1.21. The molecule has 2 aliphatic rings. The van der Waals surface area contributed by atoms with Crippen LogP contribution in [-0.2, 0) is 0 Å². The second kappa shape index (κ2) is 9.23. The number of hydrogen-bond donors (Lipinski definition) is 2. The third-order valence-corrected chi connectivity index (χ3v) is 6.77. The Morgan fingerprint density at radius 1 is 1.00 bits per heavy atom. The monoisotopic (exact) mass is 447 g/mol. The molecule has 2 aromatic carbocycles. The normalized spacial score (nSPS) is 18.8. The number of aromatic nitrogens is 2. The van der Waals surface area contributed by atoms with Gasteiger partial charge in [0.1, 0.15) is 0 Å². The number of aliphatic hydroxyl groups is 1. The Morgan fingerprint density at radius 3 is 2.52 bits per heavy atom. The number of hydrogen-bond acceptors (Lipinski definition) is 6. The van der Waals surface area contributed by atoms with Gasteiger partial charge in [-0.2, -0.15) is 0 Å². The van der Waals surface area contributed by atoms with E-state index in [1.165, 1.54) is 0 Å². The number of carbonyl (C=O) groups excluding carboxylic acids is 1. The number of piperazine rings is 1. The van der Waals surface area contributed by atoms with Gasteiger partial charge in [-0.15, -0.1) is 0 Å². The van der Waals surface area contributed by atoms with E-state index in [2.05, 4.69) is 14.9 Å². The van der Waals surface area contributed by atoms with Crippen LogP contribution in [0.2, 0.25) is 0 Å². The maximum Gasteiger partial charge on any atom is 0.260 e. The van der Waals surface area contributed by atoms with Gasteiger partial charge in [0.05, 0.1) is 10.9 Å². The molecule has 3 heterocycles. The van der Waals surface area contributed by atoms with Crippen molar-refractivity contribution in [1.29, 1.82) is 0 Å². The van der Waals surface area contributed by atoms with E-state index >= 15 is 0 Å². The van der Waals surface area contributed by atoms with E-state index in [9.17, 15) is 9.59 Å². The molecule has 8 heteroatoms. The van der Waals surface area contributed by atoms with Crippen molar-refractivity contribution < 1.29 is 9.90 Å². The van der Waals surface area contributed by atoms with Crippen LogP contribution in [0.5, 0.6) is 0 Å². The van der Waals surface area contributed by atoms with E-state index in [1.54, 1.807) is 6.07 Å². The molecule has 1 aromatic heterocycles. The topological polar surface area (TPSA) is 92.8 Å². The fourth-order valence-electron chi connectivity index (χ4n) is 4.83. The number of amides is 1. The first-order chi connectivity index (χ1) is 16.1. The van der Waals surface area contributed by atoms with Crippen molar-refractivity contribution >= 4 is 28.4 Å². The molecule has 2 saturated heterocycles. The summed E-state index contributed by atoms with van der Waals surface area (Å²) in [7, 11) is 0. The second-order valence-corrected chi connectivity index (χ2v) is 8.85. The Morgan fingerprint density at radius 2 is 1.76 bits per heavy atom. The minimum Gasteiger partial charge on any atom is -0.396 e. The number of fused-ring (bicyclic) bond motifs is 1. The highest BCUT2D eigenvalue weighted by Gasteiger charge is 2.25. The van der Waals surface area contributed by atoms with Gasteiger partial charge >= 0.3 is 0 Å². The fraction of sp³-hybridized carbons (Fsp3) is 0.400. The molecule has 5 rings (SSSR count). The van der Waals surface area contributed by atoms with Gasteiger partial charge in [-0.25, -0.2) is 4.98 Å². The molecule has 172 valence electrons. The van der Waals surface area contributed by atoms with Crippen molar-refractivity contribution in [2.75, 3.05) is 55.7 Å². The minimum atomic E-state index is -0.144. The van der Waals surface area contributed by atoms with Crippen molar-refractivity contribution in [2.24, 2.45) is 5.92 Å². The molecule has 8 nitrogen and oxygen atoms in total. The zero-order valence-electron chi connectivity index (χ0n) is 18.6. The number of anilines is 2. The van der Waals surface area contributed by atoms with Crippen LogP contribution in [0.4, 0.5) is 11.6 Å². The molecule has 2 fully saturated rings. The van der Waals surface area contributed by atoms with Crippen molar-refractivity contribution in [3.63, 3.8) is 0 Å². The number of rotatable bonds is 5. The van der Waals surface area contributed by atoms with Crippen LogP contribution in [0.3, 0.4) is 0 Å². The average molecular weight is 448 g/mol. The molecule has 1 amide bonds. The quantitative estimate of drug-likeness (QED) is 0.622. The first-order valence-electron chi connectivity index (χ1n) is 11.6. The number of nitrogens with one attached hydrogen (secondary N) is 1. The minimum absolute atomic E-state index is 0.0285. The smallest absolute Gasteiger partial charge is 0.260 e. The maximum absolute atomic E-state index is 13.0. The van der Waals surface area contributed by atoms with Gasteiger partial charge in [-0.1, -0.05) is 12.1 Å². The van der Waals surface area contributed by atoms with E-state index in [0.29, 0.717) is 54.5 Å². The lowest BCUT2D eigenvalue weighted by atomic mass is 10.1. The summed E-state index contributed by atoms with van der Waals surface area (Å²) in [5.41, 5.74) is 2.35. The van der Waals surface area contributed by atoms with Gasteiger partial charge in [-0.3, -0.25) is 14.6 Å². The molecule has 2 N–H and O–H groups in total. The number of aromatic amines is 1. The van der Waals surface area contributed by atoms with E-state index in [0.717, 1.165) is 31.6 Å². The predicted molar refractivity (Wildman–Crippen MR) is 129 cm³/mol. The SMILES string of the molecule is O=C(c1ccc(N2CC[C@H](CCO)C2)cc1)N1CCN(c2nc3ccccc3c(=O)[nH]2)CC1. The Bertz CT molecular complexity index is 1180. The van der Waals surface area contributed by atoms with E-state index in [1.807, 2.05) is 52.3 Å². The fourth-order valence-corrected chi connectivity index (χ4v) is 4.83. The first-order valence-corrected chi connectivity index (χ1v) is 11.6. The number of aliphatic hydroxyl groups excluding tert-OH is 1. The summed E-state index contributed by atoms with van der Waals surface area (Å²) in [6.07, 6.45) is 1.95. The molecular formula is C25H29N5O3. The summed E-state index contributed by atoms with van der Waals surface area (Å²) in [5.74, 6) is 1.13. The lowest BCUT2D eigenvalue weighted by molar-refractivity contribution is 0.0746. The molecule has 0 saturated carbocycles. The lowest BCUT2D eigenvalue weighted by Crippen LogP contribution is -2.49. The van der Waals surface area contributed by atoms with Crippen LogP contribution in [0, 0.1) is 5.92 Å². The van der Waals surface area contributed by atoms with Crippen molar-refractivity contribution in [3.05, 3.63) is 64.4 Å². The Labute approximate surface area is 192 Å². The summed E-state index contributed by atoms with van der Waals surface area (Å²) in [6.45, 7) is 4.58. The molecule has 2 aliphatic heterocycles. The van der Waals surface area contributed by atoms with Crippen LogP contribution in [0.1, 0.15) is 23.2 Å². The van der Waals surface area contributed by atoms with Crippen LogP contribution in [0.25, 0.3) is 10.9 Å². The lowest BCUT2D eigenvalue weighted by Gasteiger charge is -2.35. The van der Waals surface area contributed by atoms with E-state index < -0.39 is 0 Å². The summed E-state index contributed by atoms with van der Waals surface area (Å²) in [5, 5.41) is 9.74. The summed E-state index contributed by atoms with van der Waals surface area (Å²) in [6, 6.07) is 15.2. The van der Waals surface area contributed by atoms with Gasteiger partial charge in [0.2, 0.25) is 5.95 Å². The molecule has 1 atom stereocenters. The number of nitrogens with zero attached hydrogens (tertiary/aromatic N) is 4. The Kier molecular flexibility index (Phi) is 6.00. The molecule has 0 aliphatic carbocycles. The largest absolute Gasteiger partial charge is 0.396 e. The number of para-hydroxylation sites is 1. The molecular weight excluding hydrogens is 418 g/mol. The molecule has 0 bridgehead atoms. The van der Waals surface area contributed by atoms with Gasteiger partial charge in [0.15, 0.2) is 0 Å². The average Bonchev–Trinajstić information content (AvgIpc) is 3.33. The van der Waals surface area contributed by atoms with Crippen LogP contribution in [0.15, 0.2) is 53.3 Å². The molecule has 0 spiro atoms. The van der Waals surface area contributed by atoms with Crippen LogP contribution >= 0.6 is 0 Å². The Hall–Kier alpha value is -3.39. The van der Waals surface area contributed by atoms with Gasteiger partial charge < -0.3 is 19.8 Å². The van der Waals surface area contributed by atoms with Crippen molar-refractivity contribution in [1.82, 2.24) is 14.9 Å². The number of H-pyrrole nitrogens is 1. The van der Waals surface area contributed by atoms with Crippen LogP contribution < -0.4 is 15.4 Å². The van der Waals surface area contributed by atoms with Crippen LogP contribution in [-0.4, -0.2) is 71.8 Å². The molecule has 3 aromatic rings. The molecule has 33 heavy (non-hydrogen) atoms. The third kappa shape index (κ3) is 4.43. The highest BCUT2D eigenvalue weighted by Crippen LogP contribution is 2.26. The maximum atomic E-state index is 13.0. The zero-order valence-corrected chi connectivity index (χ0v) is 18.6. The van der Waals surface area contributed by atoms with Gasteiger partial charge in [0, 0.05) is 57.1 Å². The molecule has 0 unspecified atom stereocenters. The van der Waals surface area contributed by atoms with Gasteiger partial charge in [-0.05, 0) is 55.2 Å². The zero-order chi connectivity index (χ0) is 22.8. The predicted octanol–water partition coefficient (Wildman–Crippen LogP) is 2.09. The number of benzene rings is 2. The van der Waals surface area contributed by atoms with Gasteiger partial charge in [0.25, 0.3) is 11.5 Å². The summed E-state index contributed by atoms with van der Waals surface area (Å²) >= 11 is 0. The van der Waals surface area contributed by atoms with Crippen molar-refractivity contribution in [3.8, 4) is 0 Å². The van der Waals surface area contributed by atoms with E-state index in [-0.39, 0.29) is 18.1 Å². The summed E-state index contributed by atoms with van der Waals surface area (Å²) in [4.78, 5) is 39.1. The first kappa shape index (κ1) is 21.5. The second-order valence-electron chi connectivity index (χ2n) is 8.85. The van der Waals surface area contributed by atoms with Crippen molar-refractivity contribution in [2.45, 2.75) is 12.8 Å². The van der Waals surface area contributed by atoms with E-state index in [4.69, 9.17) is 5.11 Å². The highest BCUT2D eigenvalue weighted by atomic mass is 16.3. The third-order valence-electron chi connectivity index (χ3n) is 6.77. The summed E-state index contributed by atoms with van der Waals surface area (Å²) < 4.78 is 0.